The summed E-state index contributed by atoms with van der Waals surface area (Å²) in [4.78, 5) is 2.63. The van der Waals surface area contributed by atoms with E-state index in [9.17, 15) is 0 Å². The average molecular weight is 266 g/mol. The Morgan fingerprint density at radius 3 is 2.78 bits per heavy atom. The van der Waals surface area contributed by atoms with Gasteiger partial charge in [0.05, 0.1) is 0 Å². The summed E-state index contributed by atoms with van der Waals surface area (Å²) >= 11 is 5.91. The third-order valence-electron chi connectivity index (χ3n) is 4.07. The molecular weight excluding hydrogens is 242 g/mol. The number of benzene rings is 1. The van der Waals surface area contributed by atoms with Crippen molar-refractivity contribution in [3.8, 4) is 0 Å². The number of alkyl halides is 1. The summed E-state index contributed by atoms with van der Waals surface area (Å²) in [6, 6.07) is 7.39. The van der Waals surface area contributed by atoms with E-state index in [-0.39, 0.29) is 0 Å². The van der Waals surface area contributed by atoms with Gasteiger partial charge in [0.2, 0.25) is 0 Å². The van der Waals surface area contributed by atoms with Gasteiger partial charge in [-0.3, -0.25) is 0 Å². The van der Waals surface area contributed by atoms with Crippen molar-refractivity contribution in [1.82, 2.24) is 0 Å². The Labute approximate surface area is 116 Å². The molecule has 1 heterocycles. The molecule has 2 heteroatoms. The van der Waals surface area contributed by atoms with Crippen LogP contribution in [0.25, 0.3) is 0 Å². The lowest BCUT2D eigenvalue weighted by atomic mass is 10.0. The van der Waals surface area contributed by atoms with E-state index in [0.717, 1.165) is 0 Å². The lowest BCUT2D eigenvalue weighted by Crippen LogP contribution is -2.34. The summed E-state index contributed by atoms with van der Waals surface area (Å²) in [7, 11) is 0. The van der Waals surface area contributed by atoms with Crippen LogP contribution in [0.3, 0.4) is 0 Å². The van der Waals surface area contributed by atoms with Gasteiger partial charge in [0.1, 0.15) is 0 Å². The standard InChI is InChI=1S/C16H24ClN/c1-3-15-7-5-4-6-10-18(15)16-9-8-14(12-17)11-13(16)2/h8-9,11,15H,3-7,10,12H2,1-2H3. The molecule has 1 aliphatic heterocycles. The van der Waals surface area contributed by atoms with Crippen molar-refractivity contribution in [2.45, 2.75) is 57.9 Å². The first-order valence-electron chi connectivity index (χ1n) is 7.18. The number of rotatable bonds is 3. The summed E-state index contributed by atoms with van der Waals surface area (Å²) < 4.78 is 0. The van der Waals surface area contributed by atoms with E-state index in [1.807, 2.05) is 0 Å². The molecule has 0 aromatic heterocycles. The summed E-state index contributed by atoms with van der Waals surface area (Å²) in [5, 5.41) is 0. The van der Waals surface area contributed by atoms with Crippen LogP contribution in [0, 0.1) is 6.92 Å². The maximum Gasteiger partial charge on any atom is 0.0474 e. The number of aryl methyl sites for hydroxylation is 1. The normalized spacial score (nSPS) is 20.8. The minimum atomic E-state index is 0.609. The second-order valence-corrected chi connectivity index (χ2v) is 5.63. The molecule has 0 saturated carbocycles. The molecule has 1 nitrogen and oxygen atoms in total. The molecule has 0 N–H and O–H groups in total. The molecule has 0 aliphatic carbocycles. The molecule has 1 fully saturated rings. The van der Waals surface area contributed by atoms with Gasteiger partial charge in [-0.1, -0.05) is 31.9 Å². The molecule has 0 amide bonds. The van der Waals surface area contributed by atoms with Crippen molar-refractivity contribution in [2.75, 3.05) is 11.4 Å². The van der Waals surface area contributed by atoms with E-state index in [2.05, 4.69) is 36.9 Å². The van der Waals surface area contributed by atoms with Crippen LogP contribution in [-0.4, -0.2) is 12.6 Å². The Morgan fingerprint density at radius 1 is 1.28 bits per heavy atom. The van der Waals surface area contributed by atoms with Crippen molar-refractivity contribution in [2.24, 2.45) is 0 Å². The average Bonchev–Trinajstić information content (AvgIpc) is 2.63. The van der Waals surface area contributed by atoms with Gasteiger partial charge in [0.25, 0.3) is 0 Å². The summed E-state index contributed by atoms with van der Waals surface area (Å²) in [6.45, 7) is 5.73. The number of hydrogen-bond donors (Lipinski definition) is 0. The predicted molar refractivity (Wildman–Crippen MR) is 80.6 cm³/mol. The third kappa shape index (κ3) is 3.00. The molecular formula is C16H24ClN. The number of nitrogens with zero attached hydrogens (tertiary/aromatic N) is 1. The van der Waals surface area contributed by atoms with E-state index in [1.165, 1.54) is 55.5 Å². The molecule has 0 spiro atoms. The second kappa shape index (κ2) is 6.47. The maximum atomic E-state index is 5.91. The van der Waals surface area contributed by atoms with E-state index in [1.54, 1.807) is 0 Å². The van der Waals surface area contributed by atoms with Crippen LogP contribution in [0.1, 0.15) is 50.2 Å². The van der Waals surface area contributed by atoms with Gasteiger partial charge in [-0.25, -0.2) is 0 Å². The summed E-state index contributed by atoms with van der Waals surface area (Å²) in [6.07, 6.45) is 6.68. The summed E-state index contributed by atoms with van der Waals surface area (Å²) in [5.74, 6) is 0.609. The third-order valence-corrected chi connectivity index (χ3v) is 4.38. The zero-order valence-corrected chi connectivity index (χ0v) is 12.3. The van der Waals surface area contributed by atoms with E-state index >= 15 is 0 Å². The first-order chi connectivity index (χ1) is 8.76. The van der Waals surface area contributed by atoms with E-state index in [4.69, 9.17) is 11.6 Å². The molecule has 0 bridgehead atoms. The highest BCUT2D eigenvalue weighted by Gasteiger charge is 2.20. The molecule has 1 aliphatic rings. The fourth-order valence-electron chi connectivity index (χ4n) is 3.04. The molecule has 1 aromatic carbocycles. The number of hydrogen-bond acceptors (Lipinski definition) is 1. The van der Waals surface area contributed by atoms with Gasteiger partial charge in [0.15, 0.2) is 0 Å². The Kier molecular flexibility index (Phi) is 4.94. The van der Waals surface area contributed by atoms with Crippen LogP contribution in [0.4, 0.5) is 5.69 Å². The minimum Gasteiger partial charge on any atom is -0.368 e. The Balaban J connectivity index is 2.27. The van der Waals surface area contributed by atoms with Crippen molar-refractivity contribution in [1.29, 1.82) is 0 Å². The van der Waals surface area contributed by atoms with Crippen LogP contribution in [0.5, 0.6) is 0 Å². The molecule has 1 unspecified atom stereocenters. The molecule has 1 aromatic rings. The van der Waals surface area contributed by atoms with Crippen LogP contribution in [0.2, 0.25) is 0 Å². The molecule has 2 rings (SSSR count). The molecule has 1 saturated heterocycles. The maximum absolute atomic E-state index is 5.91. The van der Waals surface area contributed by atoms with Crippen LogP contribution in [0.15, 0.2) is 18.2 Å². The number of halogens is 1. The van der Waals surface area contributed by atoms with Crippen LogP contribution < -0.4 is 4.90 Å². The zero-order valence-electron chi connectivity index (χ0n) is 11.6. The monoisotopic (exact) mass is 265 g/mol. The van der Waals surface area contributed by atoms with Gasteiger partial charge in [-0.2, -0.15) is 0 Å². The van der Waals surface area contributed by atoms with Gasteiger partial charge in [-0.15, -0.1) is 11.6 Å². The first-order valence-corrected chi connectivity index (χ1v) is 7.72. The summed E-state index contributed by atoms with van der Waals surface area (Å²) in [5.41, 5.74) is 4.01. The highest BCUT2D eigenvalue weighted by molar-refractivity contribution is 6.17. The smallest absolute Gasteiger partial charge is 0.0474 e. The predicted octanol–water partition coefficient (Wildman–Crippen LogP) is 4.89. The van der Waals surface area contributed by atoms with Gasteiger partial charge >= 0.3 is 0 Å². The van der Waals surface area contributed by atoms with Crippen molar-refractivity contribution >= 4 is 17.3 Å². The molecule has 1 atom stereocenters. The second-order valence-electron chi connectivity index (χ2n) is 5.36. The Hall–Kier alpha value is -0.690. The fourth-order valence-corrected chi connectivity index (χ4v) is 3.21. The van der Waals surface area contributed by atoms with E-state index in [0.29, 0.717) is 11.9 Å². The molecule has 18 heavy (non-hydrogen) atoms. The van der Waals surface area contributed by atoms with Crippen molar-refractivity contribution < 1.29 is 0 Å². The van der Waals surface area contributed by atoms with Gasteiger partial charge < -0.3 is 4.90 Å². The van der Waals surface area contributed by atoms with Crippen LogP contribution >= 0.6 is 11.6 Å². The van der Waals surface area contributed by atoms with Gasteiger partial charge in [-0.05, 0) is 43.4 Å². The minimum absolute atomic E-state index is 0.609. The largest absolute Gasteiger partial charge is 0.368 e. The highest BCUT2D eigenvalue weighted by Crippen LogP contribution is 2.29. The zero-order chi connectivity index (χ0) is 13.0. The van der Waals surface area contributed by atoms with E-state index < -0.39 is 0 Å². The van der Waals surface area contributed by atoms with Crippen molar-refractivity contribution in [3.05, 3.63) is 29.3 Å². The van der Waals surface area contributed by atoms with Gasteiger partial charge in [0, 0.05) is 24.2 Å². The lowest BCUT2D eigenvalue weighted by Gasteiger charge is -2.33. The van der Waals surface area contributed by atoms with Crippen LogP contribution in [-0.2, 0) is 5.88 Å². The van der Waals surface area contributed by atoms with Crippen molar-refractivity contribution in [3.63, 3.8) is 0 Å². The fraction of sp³-hybridized carbons (Fsp3) is 0.625. The SMILES string of the molecule is CCC1CCCCCN1c1ccc(CCl)cc1C. The first kappa shape index (κ1) is 13.7. The Bertz CT molecular complexity index is 389. The molecule has 100 valence electrons. The molecule has 0 radical (unpaired) electrons. The topological polar surface area (TPSA) is 3.24 Å². The quantitative estimate of drug-likeness (QED) is 0.703. The number of anilines is 1. The lowest BCUT2D eigenvalue weighted by molar-refractivity contribution is 0.555. The highest BCUT2D eigenvalue weighted by atomic mass is 35.5. The Morgan fingerprint density at radius 2 is 2.11 bits per heavy atom.